The zero-order valence-corrected chi connectivity index (χ0v) is 25.8. The van der Waals surface area contributed by atoms with Crippen molar-refractivity contribution in [3.05, 3.63) is 0 Å². The summed E-state index contributed by atoms with van der Waals surface area (Å²) < 4.78 is 0. The lowest BCUT2D eigenvalue weighted by atomic mass is 9.93. The summed E-state index contributed by atoms with van der Waals surface area (Å²) in [5, 5.41) is 0. The molecule has 0 amide bonds. The number of rotatable bonds is 29. The van der Waals surface area contributed by atoms with Gasteiger partial charge in [0.05, 0.1) is 0 Å². The van der Waals surface area contributed by atoms with E-state index in [2.05, 4.69) is 34.6 Å². The molecule has 0 saturated carbocycles. The maximum absolute atomic E-state index is 2.48. The summed E-state index contributed by atoms with van der Waals surface area (Å²) in [6.45, 7) is 11.9. The monoisotopic (exact) mass is 493 g/mol. The summed E-state index contributed by atoms with van der Waals surface area (Å²) in [4.78, 5) is 0. The van der Waals surface area contributed by atoms with E-state index in [1.807, 2.05) is 0 Å². The van der Waals surface area contributed by atoms with Gasteiger partial charge in [-0.25, -0.2) is 0 Å². The van der Waals surface area contributed by atoms with E-state index in [1.165, 1.54) is 173 Å². The highest BCUT2D eigenvalue weighted by Crippen LogP contribution is 2.20. The Morgan fingerprint density at radius 3 is 0.743 bits per heavy atom. The topological polar surface area (TPSA) is 0 Å². The van der Waals surface area contributed by atoms with Crippen molar-refractivity contribution in [2.45, 2.75) is 208 Å². The first-order chi connectivity index (χ1) is 17.1. The van der Waals surface area contributed by atoms with Crippen LogP contribution >= 0.6 is 0 Å². The summed E-state index contributed by atoms with van der Waals surface area (Å²) in [6.07, 6.45) is 39.7. The lowest BCUT2D eigenvalue weighted by Gasteiger charge is -2.13. The van der Waals surface area contributed by atoms with E-state index in [9.17, 15) is 0 Å². The molecule has 0 nitrogen and oxygen atoms in total. The van der Waals surface area contributed by atoms with E-state index >= 15 is 0 Å². The highest BCUT2D eigenvalue weighted by Gasteiger charge is 2.04. The Bertz CT molecular complexity index is 372. The van der Waals surface area contributed by atoms with Crippen LogP contribution in [0.15, 0.2) is 0 Å². The molecule has 0 heteroatoms. The fourth-order valence-corrected chi connectivity index (χ4v) is 5.53. The van der Waals surface area contributed by atoms with Crippen LogP contribution in [0, 0.1) is 17.8 Å². The molecule has 3 unspecified atom stereocenters. The number of unbranched alkanes of at least 4 members (excludes halogenated alkanes) is 19. The second-order valence-electron chi connectivity index (χ2n) is 12.7. The van der Waals surface area contributed by atoms with Crippen LogP contribution in [-0.4, -0.2) is 0 Å². The summed E-state index contributed by atoms with van der Waals surface area (Å²) in [5.74, 6) is 2.84. The first kappa shape index (κ1) is 35.0. The molecule has 0 aromatic rings. The van der Waals surface area contributed by atoms with E-state index in [0.29, 0.717) is 0 Å². The molecular formula is C35H72. The minimum Gasteiger partial charge on any atom is -0.0651 e. The first-order valence-electron chi connectivity index (χ1n) is 17.1. The standard InChI is InChI=1S/C35H72/c1-6-33(3)29-26-24-22-20-18-16-14-12-10-8-9-11-13-15-17-19-21-23-25-27-30-35(5)32-28-31-34(4)7-2/h33-35H,6-32H2,1-5H3. The lowest BCUT2D eigenvalue weighted by Crippen LogP contribution is -1.98. The van der Waals surface area contributed by atoms with Gasteiger partial charge < -0.3 is 0 Å². The van der Waals surface area contributed by atoms with Crippen LogP contribution in [0.5, 0.6) is 0 Å². The molecule has 0 heterocycles. The van der Waals surface area contributed by atoms with Crippen LogP contribution in [0.2, 0.25) is 0 Å². The third-order valence-electron chi connectivity index (χ3n) is 8.93. The van der Waals surface area contributed by atoms with E-state index in [1.54, 1.807) is 0 Å². The number of hydrogen-bond acceptors (Lipinski definition) is 0. The lowest BCUT2D eigenvalue weighted by molar-refractivity contribution is 0.405. The van der Waals surface area contributed by atoms with E-state index in [0.717, 1.165) is 17.8 Å². The second-order valence-corrected chi connectivity index (χ2v) is 12.7. The van der Waals surface area contributed by atoms with Crippen LogP contribution in [0.4, 0.5) is 0 Å². The Kier molecular flexibility index (Phi) is 28.6. The minimum absolute atomic E-state index is 0.936. The van der Waals surface area contributed by atoms with Gasteiger partial charge in [-0.1, -0.05) is 208 Å². The van der Waals surface area contributed by atoms with Gasteiger partial charge in [-0.3, -0.25) is 0 Å². The summed E-state index contributed by atoms with van der Waals surface area (Å²) in [6, 6.07) is 0. The normalized spacial score (nSPS) is 14.3. The maximum Gasteiger partial charge on any atom is -0.0443 e. The average molecular weight is 493 g/mol. The van der Waals surface area contributed by atoms with E-state index in [-0.39, 0.29) is 0 Å². The van der Waals surface area contributed by atoms with Crippen molar-refractivity contribution in [2.75, 3.05) is 0 Å². The molecule has 0 aliphatic carbocycles. The molecule has 3 atom stereocenters. The molecule has 0 saturated heterocycles. The fraction of sp³-hybridized carbons (Fsp3) is 1.00. The first-order valence-corrected chi connectivity index (χ1v) is 17.1. The molecule has 0 rings (SSSR count). The highest BCUT2D eigenvalue weighted by atomic mass is 14.1. The zero-order valence-electron chi connectivity index (χ0n) is 25.8. The molecule has 0 N–H and O–H groups in total. The Morgan fingerprint density at radius 2 is 0.457 bits per heavy atom. The molecular weight excluding hydrogens is 420 g/mol. The van der Waals surface area contributed by atoms with Gasteiger partial charge in [-0.15, -0.1) is 0 Å². The van der Waals surface area contributed by atoms with E-state index in [4.69, 9.17) is 0 Å². The molecule has 0 spiro atoms. The predicted molar refractivity (Wildman–Crippen MR) is 163 cm³/mol. The zero-order chi connectivity index (χ0) is 25.8. The average Bonchev–Trinajstić information content (AvgIpc) is 2.86. The van der Waals surface area contributed by atoms with Crippen molar-refractivity contribution in [2.24, 2.45) is 17.8 Å². The molecule has 35 heavy (non-hydrogen) atoms. The van der Waals surface area contributed by atoms with Crippen molar-refractivity contribution >= 4 is 0 Å². The van der Waals surface area contributed by atoms with Gasteiger partial charge in [-0.2, -0.15) is 0 Å². The molecule has 212 valence electrons. The quantitative estimate of drug-likeness (QED) is 0.0910. The van der Waals surface area contributed by atoms with Gasteiger partial charge in [-0.05, 0) is 17.8 Å². The van der Waals surface area contributed by atoms with Gasteiger partial charge in [0, 0.05) is 0 Å². The molecule has 0 aromatic heterocycles. The van der Waals surface area contributed by atoms with Crippen molar-refractivity contribution in [3.8, 4) is 0 Å². The van der Waals surface area contributed by atoms with Crippen LogP contribution in [0.3, 0.4) is 0 Å². The van der Waals surface area contributed by atoms with Crippen LogP contribution in [0.25, 0.3) is 0 Å². The van der Waals surface area contributed by atoms with Crippen molar-refractivity contribution in [3.63, 3.8) is 0 Å². The predicted octanol–water partition coefficient (Wildman–Crippen LogP) is 13.5. The second kappa shape index (κ2) is 28.6. The number of hydrogen-bond donors (Lipinski definition) is 0. The maximum atomic E-state index is 2.48. The third-order valence-corrected chi connectivity index (χ3v) is 8.93. The smallest absolute Gasteiger partial charge is 0.0443 e. The highest BCUT2D eigenvalue weighted by molar-refractivity contribution is 4.58. The van der Waals surface area contributed by atoms with Crippen LogP contribution in [-0.2, 0) is 0 Å². The molecule has 0 aliphatic heterocycles. The summed E-state index contributed by atoms with van der Waals surface area (Å²) >= 11 is 0. The Hall–Kier alpha value is 0. The van der Waals surface area contributed by atoms with Gasteiger partial charge >= 0.3 is 0 Å². The SMILES string of the molecule is CCC(C)CCCCCCCCCCCCCCCCCCCCCCC(C)CCCC(C)CC. The Morgan fingerprint density at radius 1 is 0.257 bits per heavy atom. The van der Waals surface area contributed by atoms with Crippen LogP contribution < -0.4 is 0 Å². The minimum atomic E-state index is 0.936. The third kappa shape index (κ3) is 28.4. The molecule has 0 bridgehead atoms. The van der Waals surface area contributed by atoms with Gasteiger partial charge in [0.2, 0.25) is 0 Å². The van der Waals surface area contributed by atoms with Crippen molar-refractivity contribution in [1.82, 2.24) is 0 Å². The largest absolute Gasteiger partial charge is 0.0651 e. The van der Waals surface area contributed by atoms with Crippen LogP contribution in [0.1, 0.15) is 208 Å². The fourth-order valence-electron chi connectivity index (χ4n) is 5.53. The summed E-state index contributed by atoms with van der Waals surface area (Å²) in [7, 11) is 0. The molecule has 0 radical (unpaired) electrons. The Balaban J connectivity index is 3.12. The molecule has 0 aromatic carbocycles. The van der Waals surface area contributed by atoms with Gasteiger partial charge in [0.25, 0.3) is 0 Å². The van der Waals surface area contributed by atoms with E-state index < -0.39 is 0 Å². The van der Waals surface area contributed by atoms with Crippen molar-refractivity contribution < 1.29 is 0 Å². The van der Waals surface area contributed by atoms with Gasteiger partial charge in [0.1, 0.15) is 0 Å². The van der Waals surface area contributed by atoms with Gasteiger partial charge in [0.15, 0.2) is 0 Å². The molecule has 0 aliphatic rings. The van der Waals surface area contributed by atoms with Crippen molar-refractivity contribution in [1.29, 1.82) is 0 Å². The molecule has 0 fully saturated rings. The Labute approximate surface area is 225 Å². The summed E-state index contributed by atoms with van der Waals surface area (Å²) in [5.41, 5.74) is 0.